The number of hydrogen-bond acceptors (Lipinski definition) is 4. The highest BCUT2D eigenvalue weighted by Crippen LogP contribution is 2.34. The highest BCUT2D eigenvalue weighted by atomic mass is 32.2. The van der Waals surface area contributed by atoms with Crippen LogP contribution < -0.4 is 14.8 Å². The number of ether oxygens (including phenoxy) is 2. The Hall–Kier alpha value is -2.35. The summed E-state index contributed by atoms with van der Waals surface area (Å²) in [4.78, 5) is 12.7. The van der Waals surface area contributed by atoms with Gasteiger partial charge >= 0.3 is 6.18 Å². The second-order valence-electron chi connectivity index (χ2n) is 5.34. The lowest BCUT2D eigenvalue weighted by Gasteiger charge is -2.14. The van der Waals surface area contributed by atoms with Gasteiger partial charge in [0.1, 0.15) is 0 Å². The van der Waals surface area contributed by atoms with Crippen molar-refractivity contribution in [2.24, 2.45) is 0 Å². The van der Waals surface area contributed by atoms with Gasteiger partial charge in [0, 0.05) is 16.6 Å². The number of methoxy groups -OCH3 is 2. The first-order chi connectivity index (χ1) is 12.2. The van der Waals surface area contributed by atoms with Gasteiger partial charge in [-0.3, -0.25) is 4.79 Å². The van der Waals surface area contributed by atoms with Gasteiger partial charge < -0.3 is 14.8 Å². The van der Waals surface area contributed by atoms with Crippen LogP contribution in [0.1, 0.15) is 12.5 Å². The van der Waals surface area contributed by atoms with Crippen molar-refractivity contribution in [3.8, 4) is 11.5 Å². The minimum Gasteiger partial charge on any atom is -0.493 e. The molecule has 2 rings (SSSR count). The minimum atomic E-state index is -4.41. The number of nitrogens with one attached hydrogen (secondary N) is 1. The fourth-order valence-electron chi connectivity index (χ4n) is 2.16. The van der Waals surface area contributed by atoms with Gasteiger partial charge in [-0.1, -0.05) is 6.07 Å². The molecule has 0 heterocycles. The van der Waals surface area contributed by atoms with Crippen LogP contribution in [0.5, 0.6) is 11.5 Å². The molecule has 0 spiro atoms. The summed E-state index contributed by atoms with van der Waals surface area (Å²) in [5.41, 5.74) is -0.237. The molecule has 4 nitrogen and oxygen atoms in total. The zero-order chi connectivity index (χ0) is 19.3. The number of halogens is 3. The summed E-state index contributed by atoms with van der Waals surface area (Å²) in [7, 11) is 2.99. The van der Waals surface area contributed by atoms with Crippen molar-refractivity contribution in [3.63, 3.8) is 0 Å². The number of alkyl halides is 3. The smallest absolute Gasteiger partial charge is 0.416 e. The topological polar surface area (TPSA) is 47.6 Å². The monoisotopic (exact) mass is 385 g/mol. The molecule has 1 amide bonds. The molecule has 0 saturated carbocycles. The molecule has 0 aliphatic heterocycles. The first-order valence-electron chi connectivity index (χ1n) is 7.61. The third-order valence-electron chi connectivity index (χ3n) is 3.49. The van der Waals surface area contributed by atoms with Crippen LogP contribution >= 0.6 is 11.8 Å². The Morgan fingerprint density at radius 2 is 1.77 bits per heavy atom. The largest absolute Gasteiger partial charge is 0.493 e. The second kappa shape index (κ2) is 8.35. The van der Waals surface area contributed by atoms with Crippen molar-refractivity contribution in [2.45, 2.75) is 23.2 Å². The molecule has 2 aromatic carbocycles. The van der Waals surface area contributed by atoms with Crippen LogP contribution in [0.25, 0.3) is 0 Å². The molecule has 8 heteroatoms. The normalized spacial score (nSPS) is 12.4. The van der Waals surface area contributed by atoms with E-state index in [0.29, 0.717) is 22.1 Å². The Kier molecular flexibility index (Phi) is 6.42. The fourth-order valence-corrected chi connectivity index (χ4v) is 3.09. The Balaban J connectivity index is 2.06. The van der Waals surface area contributed by atoms with Gasteiger partial charge in [0.25, 0.3) is 0 Å². The van der Waals surface area contributed by atoms with E-state index in [2.05, 4.69) is 5.32 Å². The Labute approximate surface area is 153 Å². The summed E-state index contributed by atoms with van der Waals surface area (Å²) >= 11 is 1.05. The molecule has 0 aliphatic carbocycles. The van der Waals surface area contributed by atoms with Crippen molar-refractivity contribution in [2.75, 3.05) is 19.5 Å². The lowest BCUT2D eigenvalue weighted by atomic mass is 10.2. The lowest BCUT2D eigenvalue weighted by Crippen LogP contribution is -2.22. The second-order valence-corrected chi connectivity index (χ2v) is 6.76. The number of hydrogen-bond donors (Lipinski definition) is 1. The van der Waals surface area contributed by atoms with E-state index in [0.717, 1.165) is 23.9 Å². The van der Waals surface area contributed by atoms with Gasteiger partial charge in [0.2, 0.25) is 5.91 Å². The van der Waals surface area contributed by atoms with E-state index in [-0.39, 0.29) is 5.91 Å². The predicted molar refractivity (Wildman–Crippen MR) is 94.9 cm³/mol. The molecular formula is C18H18F3NO3S. The van der Waals surface area contributed by atoms with Crippen molar-refractivity contribution < 1.29 is 27.4 Å². The quantitative estimate of drug-likeness (QED) is 0.723. The van der Waals surface area contributed by atoms with E-state index >= 15 is 0 Å². The van der Waals surface area contributed by atoms with Gasteiger partial charge in [-0.25, -0.2) is 0 Å². The summed E-state index contributed by atoms with van der Waals surface area (Å²) < 4.78 is 48.6. The predicted octanol–water partition coefficient (Wildman–Crippen LogP) is 4.84. The Bertz CT molecular complexity index is 781. The Morgan fingerprint density at radius 3 is 2.38 bits per heavy atom. The van der Waals surface area contributed by atoms with Crippen LogP contribution in [-0.2, 0) is 11.0 Å². The van der Waals surface area contributed by atoms with E-state index < -0.39 is 17.0 Å². The summed E-state index contributed by atoms with van der Waals surface area (Å²) in [5, 5.41) is 2.12. The van der Waals surface area contributed by atoms with Gasteiger partial charge in [0.15, 0.2) is 11.5 Å². The average molecular weight is 385 g/mol. The number of benzene rings is 2. The number of amides is 1. The maximum absolute atomic E-state index is 12.8. The van der Waals surface area contributed by atoms with Crippen LogP contribution in [0.2, 0.25) is 0 Å². The third kappa shape index (κ3) is 5.08. The van der Waals surface area contributed by atoms with Crippen molar-refractivity contribution in [1.82, 2.24) is 0 Å². The molecule has 0 radical (unpaired) electrons. The molecule has 0 bridgehead atoms. The van der Waals surface area contributed by atoms with Crippen molar-refractivity contribution in [1.29, 1.82) is 0 Å². The number of rotatable bonds is 6. The average Bonchev–Trinajstić information content (AvgIpc) is 2.61. The maximum atomic E-state index is 12.8. The van der Waals surface area contributed by atoms with Crippen LogP contribution in [0.15, 0.2) is 47.4 Å². The minimum absolute atomic E-state index is 0.334. The zero-order valence-corrected chi connectivity index (χ0v) is 15.2. The molecule has 0 saturated heterocycles. The molecule has 26 heavy (non-hydrogen) atoms. The van der Waals surface area contributed by atoms with E-state index in [1.807, 2.05) is 0 Å². The van der Waals surface area contributed by atoms with Crippen LogP contribution in [0.3, 0.4) is 0 Å². The molecule has 0 aromatic heterocycles. The third-order valence-corrected chi connectivity index (χ3v) is 4.59. The van der Waals surface area contributed by atoms with E-state index in [1.165, 1.54) is 20.3 Å². The first kappa shape index (κ1) is 20.0. The van der Waals surface area contributed by atoms with Crippen molar-refractivity contribution in [3.05, 3.63) is 48.0 Å². The molecule has 0 unspecified atom stereocenters. The standard InChI is InChI=1S/C18H18F3NO3S/c1-11(26-14-6-4-5-12(9-14)18(19,20)21)17(23)22-13-7-8-15(24-2)16(10-13)25-3/h4-11H,1-3H3,(H,22,23)/t11-/m0/s1. The van der Waals surface area contributed by atoms with Gasteiger partial charge in [-0.15, -0.1) is 11.8 Å². The van der Waals surface area contributed by atoms with Crippen LogP contribution in [0.4, 0.5) is 18.9 Å². The SMILES string of the molecule is COc1ccc(NC(=O)[C@H](C)Sc2cccc(C(F)(F)F)c2)cc1OC. The number of carbonyl (C=O) groups is 1. The molecular weight excluding hydrogens is 367 g/mol. The van der Waals surface area contributed by atoms with E-state index in [1.54, 1.807) is 31.2 Å². The highest BCUT2D eigenvalue weighted by molar-refractivity contribution is 8.00. The lowest BCUT2D eigenvalue weighted by molar-refractivity contribution is -0.137. The molecule has 0 fully saturated rings. The molecule has 140 valence electrons. The highest BCUT2D eigenvalue weighted by Gasteiger charge is 2.30. The first-order valence-corrected chi connectivity index (χ1v) is 8.49. The van der Waals surface area contributed by atoms with Gasteiger partial charge in [-0.05, 0) is 37.3 Å². The molecule has 1 atom stereocenters. The maximum Gasteiger partial charge on any atom is 0.416 e. The van der Waals surface area contributed by atoms with Crippen LogP contribution in [0, 0.1) is 0 Å². The number of anilines is 1. The summed E-state index contributed by atoms with van der Waals surface area (Å²) in [6.45, 7) is 1.63. The fraction of sp³-hybridized carbons (Fsp3) is 0.278. The Morgan fingerprint density at radius 1 is 1.08 bits per heavy atom. The van der Waals surface area contributed by atoms with Gasteiger partial charge in [-0.2, -0.15) is 13.2 Å². The number of thioether (sulfide) groups is 1. The zero-order valence-electron chi connectivity index (χ0n) is 14.4. The van der Waals surface area contributed by atoms with Gasteiger partial charge in [0.05, 0.1) is 25.0 Å². The van der Waals surface area contributed by atoms with Crippen LogP contribution in [-0.4, -0.2) is 25.4 Å². The van der Waals surface area contributed by atoms with E-state index in [9.17, 15) is 18.0 Å². The summed E-state index contributed by atoms with van der Waals surface area (Å²) in [6.07, 6.45) is -4.41. The summed E-state index contributed by atoms with van der Waals surface area (Å²) in [6, 6.07) is 9.81. The molecule has 2 aromatic rings. The molecule has 1 N–H and O–H groups in total. The number of carbonyl (C=O) groups excluding carboxylic acids is 1. The molecule has 0 aliphatic rings. The summed E-state index contributed by atoms with van der Waals surface area (Å²) in [5.74, 6) is 0.653. The van der Waals surface area contributed by atoms with Crippen molar-refractivity contribution >= 4 is 23.4 Å². The van der Waals surface area contributed by atoms with E-state index in [4.69, 9.17) is 9.47 Å².